The van der Waals surface area contributed by atoms with Gasteiger partial charge in [0.05, 0.1) is 29.2 Å². The van der Waals surface area contributed by atoms with Crippen LogP contribution in [0.25, 0.3) is 33.3 Å². The van der Waals surface area contributed by atoms with Crippen LogP contribution in [0.2, 0.25) is 0 Å². The number of pyridine rings is 1. The zero-order valence-corrected chi connectivity index (χ0v) is 18.2. The number of aromatic nitrogens is 4. The first-order chi connectivity index (χ1) is 15.6. The minimum Gasteiger partial charge on any atom is -0.371 e. The highest BCUT2D eigenvalue weighted by Crippen LogP contribution is 2.34. The predicted octanol–water partition coefficient (Wildman–Crippen LogP) is 2.55. The van der Waals surface area contributed by atoms with Crippen LogP contribution in [-0.4, -0.2) is 63.8 Å². The van der Waals surface area contributed by atoms with Gasteiger partial charge in [0.1, 0.15) is 17.0 Å². The summed E-state index contributed by atoms with van der Waals surface area (Å²) in [5.41, 5.74) is 4.39. The Morgan fingerprint density at radius 3 is 2.75 bits per heavy atom. The fourth-order valence-corrected chi connectivity index (χ4v) is 4.53. The van der Waals surface area contributed by atoms with E-state index in [-0.39, 0.29) is 0 Å². The van der Waals surface area contributed by atoms with Crippen LogP contribution in [0.4, 0.5) is 10.2 Å². The molecule has 0 bridgehead atoms. The molecular weight excluding hydrogens is 407 g/mol. The number of aryl methyl sites for hydroxylation is 1. The van der Waals surface area contributed by atoms with Crippen LogP contribution < -0.4 is 10.6 Å². The van der Waals surface area contributed by atoms with Gasteiger partial charge in [-0.05, 0) is 24.3 Å². The molecule has 0 radical (unpaired) electrons. The Balaban J connectivity index is 1.72. The van der Waals surface area contributed by atoms with Crippen LogP contribution in [0.3, 0.4) is 0 Å². The van der Waals surface area contributed by atoms with E-state index in [1.807, 2.05) is 24.7 Å². The number of imidazole rings is 1. The van der Waals surface area contributed by atoms with Gasteiger partial charge in [-0.15, -0.1) is 0 Å². The van der Waals surface area contributed by atoms with E-state index >= 15 is 0 Å². The molecule has 8 nitrogen and oxygen atoms in total. The molecule has 0 unspecified atom stereocenters. The van der Waals surface area contributed by atoms with E-state index in [2.05, 4.69) is 31.2 Å². The van der Waals surface area contributed by atoms with E-state index in [1.165, 1.54) is 12.1 Å². The first kappa shape index (κ1) is 20.4. The second-order valence-corrected chi connectivity index (χ2v) is 8.11. The number of anilines is 1. The minimum absolute atomic E-state index is 0.300. The van der Waals surface area contributed by atoms with E-state index in [1.54, 1.807) is 12.4 Å². The van der Waals surface area contributed by atoms with Crippen molar-refractivity contribution in [2.24, 2.45) is 7.05 Å². The fraction of sp³-hybridized carbons (Fsp3) is 0.348. The number of rotatable bonds is 5. The lowest BCUT2D eigenvalue weighted by atomic mass is 10.1. The Bertz CT molecular complexity index is 1340. The topological polar surface area (TPSA) is 86.7 Å². The molecule has 0 saturated carbocycles. The summed E-state index contributed by atoms with van der Waals surface area (Å²) in [7, 11) is 3.80. The standard InChI is InChI=1S/C23H25FN8/c1-26-22-20-21(30(2)14-28-20)18-12-19(16-9-15(13-25)10-17(24)11-16)32(23(18)29-22)8-7-31-5-3-27-4-6-31/h9-12,14,27H,3-8H2,1-2H3,(H,26,29). The molecule has 32 heavy (non-hydrogen) atoms. The predicted molar refractivity (Wildman–Crippen MR) is 123 cm³/mol. The lowest BCUT2D eigenvalue weighted by Crippen LogP contribution is -2.44. The van der Waals surface area contributed by atoms with Crippen LogP contribution >= 0.6 is 0 Å². The molecule has 1 fully saturated rings. The van der Waals surface area contributed by atoms with E-state index in [4.69, 9.17) is 4.98 Å². The van der Waals surface area contributed by atoms with Crippen LogP contribution in [0.1, 0.15) is 5.56 Å². The van der Waals surface area contributed by atoms with Gasteiger partial charge in [0, 0.05) is 64.3 Å². The van der Waals surface area contributed by atoms with Crippen LogP contribution in [-0.2, 0) is 13.6 Å². The van der Waals surface area contributed by atoms with Crippen molar-refractivity contribution in [3.8, 4) is 17.3 Å². The Kier molecular flexibility index (Phi) is 5.25. The highest BCUT2D eigenvalue weighted by atomic mass is 19.1. The zero-order chi connectivity index (χ0) is 22.2. The molecule has 9 heteroatoms. The summed E-state index contributed by atoms with van der Waals surface area (Å²) < 4.78 is 18.5. The number of piperazine rings is 1. The van der Waals surface area contributed by atoms with Crippen molar-refractivity contribution in [1.29, 1.82) is 5.26 Å². The molecule has 0 spiro atoms. The molecule has 1 aliphatic rings. The maximum absolute atomic E-state index is 14.3. The Labute approximate surface area is 185 Å². The summed E-state index contributed by atoms with van der Waals surface area (Å²) in [6, 6.07) is 8.58. The van der Waals surface area contributed by atoms with Gasteiger partial charge < -0.3 is 19.8 Å². The molecule has 5 rings (SSSR count). The number of hydrogen-bond donors (Lipinski definition) is 2. The summed E-state index contributed by atoms with van der Waals surface area (Å²) in [6.07, 6.45) is 1.78. The van der Waals surface area contributed by atoms with Crippen molar-refractivity contribution < 1.29 is 4.39 Å². The van der Waals surface area contributed by atoms with Crippen LogP contribution in [0, 0.1) is 17.1 Å². The number of hydrogen-bond acceptors (Lipinski definition) is 6. The van der Waals surface area contributed by atoms with Crippen LogP contribution in [0.15, 0.2) is 30.6 Å². The monoisotopic (exact) mass is 432 g/mol. The van der Waals surface area contributed by atoms with Crippen molar-refractivity contribution in [3.63, 3.8) is 0 Å². The summed E-state index contributed by atoms with van der Waals surface area (Å²) in [6.45, 7) is 5.51. The number of nitrogens with one attached hydrogen (secondary N) is 2. The average Bonchev–Trinajstić information content (AvgIpc) is 3.37. The highest BCUT2D eigenvalue weighted by Gasteiger charge is 2.20. The van der Waals surface area contributed by atoms with Gasteiger partial charge in [0.2, 0.25) is 0 Å². The molecule has 1 aliphatic heterocycles. The molecule has 0 amide bonds. The second kappa shape index (κ2) is 8.22. The van der Waals surface area contributed by atoms with Gasteiger partial charge in [-0.25, -0.2) is 14.4 Å². The maximum Gasteiger partial charge on any atom is 0.156 e. The SMILES string of the molecule is CNc1nc2c(cc(-c3cc(F)cc(C#N)c3)n2CCN2CCNCC2)c2c1ncn2C. The van der Waals surface area contributed by atoms with E-state index in [0.29, 0.717) is 23.5 Å². The first-order valence-electron chi connectivity index (χ1n) is 10.7. The molecule has 0 aliphatic carbocycles. The second-order valence-electron chi connectivity index (χ2n) is 8.11. The number of fused-ring (bicyclic) bond motifs is 3. The molecule has 4 heterocycles. The Hall–Kier alpha value is -3.48. The van der Waals surface area contributed by atoms with Crippen molar-refractivity contribution in [1.82, 2.24) is 29.3 Å². The molecule has 164 valence electrons. The molecule has 1 aromatic carbocycles. The minimum atomic E-state index is -0.424. The molecular formula is C23H25FN8. The van der Waals surface area contributed by atoms with Gasteiger partial charge in [-0.3, -0.25) is 4.90 Å². The van der Waals surface area contributed by atoms with Crippen molar-refractivity contribution >= 4 is 27.9 Å². The third-order valence-corrected chi connectivity index (χ3v) is 6.11. The van der Waals surface area contributed by atoms with Crippen LogP contribution in [0.5, 0.6) is 0 Å². The highest BCUT2D eigenvalue weighted by molar-refractivity contribution is 6.07. The van der Waals surface area contributed by atoms with E-state index in [9.17, 15) is 9.65 Å². The fourth-order valence-electron chi connectivity index (χ4n) is 4.53. The summed E-state index contributed by atoms with van der Waals surface area (Å²) in [4.78, 5) is 11.8. The molecule has 4 aromatic rings. The largest absolute Gasteiger partial charge is 0.371 e. The average molecular weight is 433 g/mol. The number of nitrogens with zero attached hydrogens (tertiary/aromatic N) is 6. The lowest BCUT2D eigenvalue weighted by molar-refractivity contribution is 0.233. The van der Waals surface area contributed by atoms with E-state index in [0.717, 1.165) is 60.5 Å². The van der Waals surface area contributed by atoms with Gasteiger partial charge in [0.15, 0.2) is 5.82 Å². The third kappa shape index (κ3) is 3.47. The van der Waals surface area contributed by atoms with Gasteiger partial charge in [-0.1, -0.05) is 0 Å². The zero-order valence-electron chi connectivity index (χ0n) is 18.2. The number of nitriles is 1. The molecule has 3 aromatic heterocycles. The number of halogens is 1. The number of benzene rings is 1. The van der Waals surface area contributed by atoms with Gasteiger partial charge in [-0.2, -0.15) is 5.26 Å². The quantitative estimate of drug-likeness (QED) is 0.504. The van der Waals surface area contributed by atoms with E-state index < -0.39 is 5.82 Å². The summed E-state index contributed by atoms with van der Waals surface area (Å²) >= 11 is 0. The lowest BCUT2D eigenvalue weighted by Gasteiger charge is -2.27. The normalized spacial score (nSPS) is 14.8. The smallest absolute Gasteiger partial charge is 0.156 e. The van der Waals surface area contributed by atoms with Gasteiger partial charge in [0.25, 0.3) is 0 Å². The first-order valence-corrected chi connectivity index (χ1v) is 10.7. The van der Waals surface area contributed by atoms with Gasteiger partial charge >= 0.3 is 0 Å². The summed E-state index contributed by atoms with van der Waals surface area (Å²) in [5, 5.41) is 16.9. The molecule has 0 atom stereocenters. The maximum atomic E-state index is 14.3. The Morgan fingerprint density at radius 2 is 2.00 bits per heavy atom. The molecule has 1 saturated heterocycles. The van der Waals surface area contributed by atoms with Crippen molar-refractivity contribution in [2.75, 3.05) is 45.1 Å². The third-order valence-electron chi connectivity index (χ3n) is 6.11. The summed E-state index contributed by atoms with van der Waals surface area (Å²) in [5.74, 6) is 0.283. The molecule has 2 N–H and O–H groups in total. The van der Waals surface area contributed by atoms with Crippen molar-refractivity contribution in [2.45, 2.75) is 6.54 Å². The van der Waals surface area contributed by atoms with Crippen molar-refractivity contribution in [3.05, 3.63) is 42.0 Å². The Morgan fingerprint density at radius 1 is 1.19 bits per heavy atom.